The summed E-state index contributed by atoms with van der Waals surface area (Å²) in [5.74, 6) is 0. The van der Waals surface area contributed by atoms with Crippen LogP contribution in [-0.2, 0) is 0 Å². The zero-order chi connectivity index (χ0) is 12.5. The molecule has 0 rings (SSSR count). The minimum absolute atomic E-state index is 0.802. The number of nitrogens with one attached hydrogen (secondary N) is 2. The quantitative estimate of drug-likeness (QED) is 0.418. The molecule has 0 aromatic rings. The number of hydrogen-bond acceptors (Lipinski definition) is 4. The van der Waals surface area contributed by atoms with Gasteiger partial charge in [-0.3, -0.25) is 0 Å². The molecule has 4 nitrogen and oxygen atoms in total. The molecule has 0 fully saturated rings. The molecule has 0 aromatic carbocycles. The fourth-order valence-electron chi connectivity index (χ4n) is 1.06. The molecule has 0 unspecified atom stereocenters. The largest absolute Gasteiger partial charge is 0.330 e. The van der Waals surface area contributed by atoms with Crippen LogP contribution < -0.4 is 22.1 Å². The lowest BCUT2D eigenvalue weighted by molar-refractivity contribution is 0.645. The molecule has 0 aliphatic heterocycles. The number of nitrogens with two attached hydrogens (primary N) is 2. The van der Waals surface area contributed by atoms with Crippen LogP contribution in [0.25, 0.3) is 0 Å². The monoisotopic (exact) mass is 232 g/mol. The molecule has 6 N–H and O–H groups in total. The summed E-state index contributed by atoms with van der Waals surface area (Å²) in [5, 5.41) is 6.51. The van der Waals surface area contributed by atoms with E-state index in [1.807, 2.05) is 0 Å². The van der Waals surface area contributed by atoms with Crippen molar-refractivity contribution in [2.45, 2.75) is 39.5 Å². The molecule has 0 aromatic heterocycles. The van der Waals surface area contributed by atoms with Gasteiger partial charge in [-0.05, 0) is 65.0 Å². The fourth-order valence-corrected chi connectivity index (χ4v) is 1.06. The molecule has 0 heterocycles. The standard InChI is InChI=1S/2C6H16N2/c2*1-2-5-8-6-3-4-7/h2*8H,2-7H2,1H3. The fraction of sp³-hybridized carbons (Fsp3) is 1.00. The minimum atomic E-state index is 0.802. The highest BCUT2D eigenvalue weighted by Crippen LogP contribution is 1.72. The predicted molar refractivity (Wildman–Crippen MR) is 73.7 cm³/mol. The van der Waals surface area contributed by atoms with Gasteiger partial charge < -0.3 is 22.1 Å². The van der Waals surface area contributed by atoms with Crippen LogP contribution in [0.3, 0.4) is 0 Å². The smallest absolute Gasteiger partial charge is 0.00369 e. The first-order valence-electron chi connectivity index (χ1n) is 6.64. The maximum atomic E-state index is 5.27. The van der Waals surface area contributed by atoms with Crippen LogP contribution in [0.2, 0.25) is 0 Å². The van der Waals surface area contributed by atoms with Crippen LogP contribution in [0.5, 0.6) is 0 Å². The molecule has 16 heavy (non-hydrogen) atoms. The first kappa shape index (κ1) is 18.2. The summed E-state index contributed by atoms with van der Waals surface area (Å²) in [5.41, 5.74) is 10.5. The Morgan fingerprint density at radius 2 is 1.06 bits per heavy atom. The highest BCUT2D eigenvalue weighted by Gasteiger charge is 1.81. The van der Waals surface area contributed by atoms with Gasteiger partial charge in [-0.1, -0.05) is 13.8 Å². The third kappa shape index (κ3) is 23.6. The Hall–Kier alpha value is -0.160. The molecular formula is C12H32N4. The Labute approximate surface area is 102 Å². The highest BCUT2D eigenvalue weighted by molar-refractivity contribution is 4.45. The summed E-state index contributed by atoms with van der Waals surface area (Å²) in [6.07, 6.45) is 4.62. The summed E-state index contributed by atoms with van der Waals surface area (Å²) < 4.78 is 0. The summed E-state index contributed by atoms with van der Waals surface area (Å²) in [7, 11) is 0. The maximum Gasteiger partial charge on any atom is -0.00369 e. The van der Waals surface area contributed by atoms with Crippen LogP contribution in [0, 0.1) is 0 Å². The average Bonchev–Trinajstić information content (AvgIpc) is 2.31. The first-order valence-corrected chi connectivity index (χ1v) is 6.64. The molecule has 0 aliphatic rings. The van der Waals surface area contributed by atoms with Crippen molar-refractivity contribution < 1.29 is 0 Å². The molecule has 0 bridgehead atoms. The van der Waals surface area contributed by atoms with Crippen molar-refractivity contribution in [2.24, 2.45) is 11.5 Å². The van der Waals surface area contributed by atoms with Crippen molar-refractivity contribution in [3.8, 4) is 0 Å². The van der Waals surface area contributed by atoms with Crippen molar-refractivity contribution in [1.29, 1.82) is 0 Å². The van der Waals surface area contributed by atoms with Crippen molar-refractivity contribution in [3.63, 3.8) is 0 Å². The van der Waals surface area contributed by atoms with Crippen LogP contribution in [0.15, 0.2) is 0 Å². The van der Waals surface area contributed by atoms with Gasteiger partial charge in [0.25, 0.3) is 0 Å². The molecule has 100 valence electrons. The van der Waals surface area contributed by atoms with E-state index in [1.165, 1.54) is 12.8 Å². The van der Waals surface area contributed by atoms with Crippen LogP contribution >= 0.6 is 0 Å². The Bertz CT molecular complexity index is 75.0. The van der Waals surface area contributed by atoms with Crippen LogP contribution in [-0.4, -0.2) is 39.3 Å². The molecule has 0 saturated heterocycles. The molecule has 0 amide bonds. The third-order valence-electron chi connectivity index (χ3n) is 1.97. The zero-order valence-corrected chi connectivity index (χ0v) is 11.2. The van der Waals surface area contributed by atoms with E-state index in [4.69, 9.17) is 11.5 Å². The highest BCUT2D eigenvalue weighted by atomic mass is 14.8. The van der Waals surface area contributed by atoms with E-state index in [1.54, 1.807) is 0 Å². The Balaban J connectivity index is 0. The lowest BCUT2D eigenvalue weighted by Crippen LogP contribution is -2.18. The third-order valence-corrected chi connectivity index (χ3v) is 1.97. The number of rotatable bonds is 10. The summed E-state index contributed by atoms with van der Waals surface area (Å²) in [6, 6.07) is 0. The molecule has 0 spiro atoms. The van der Waals surface area contributed by atoms with Gasteiger partial charge in [-0.15, -0.1) is 0 Å². The van der Waals surface area contributed by atoms with E-state index in [2.05, 4.69) is 24.5 Å². The van der Waals surface area contributed by atoms with Crippen LogP contribution in [0.1, 0.15) is 39.5 Å². The topological polar surface area (TPSA) is 76.1 Å². The Kier molecular flexibility index (Phi) is 23.1. The Morgan fingerprint density at radius 1 is 0.688 bits per heavy atom. The molecule has 0 radical (unpaired) electrons. The van der Waals surface area contributed by atoms with E-state index in [0.29, 0.717) is 0 Å². The zero-order valence-electron chi connectivity index (χ0n) is 11.2. The minimum Gasteiger partial charge on any atom is -0.330 e. The van der Waals surface area contributed by atoms with Gasteiger partial charge >= 0.3 is 0 Å². The number of hydrogen-bond donors (Lipinski definition) is 4. The van der Waals surface area contributed by atoms with E-state index in [9.17, 15) is 0 Å². The van der Waals surface area contributed by atoms with Gasteiger partial charge in [0.1, 0.15) is 0 Å². The molecular weight excluding hydrogens is 200 g/mol. The molecule has 0 saturated carbocycles. The van der Waals surface area contributed by atoms with E-state index in [-0.39, 0.29) is 0 Å². The molecule has 0 atom stereocenters. The van der Waals surface area contributed by atoms with Gasteiger partial charge in [0.15, 0.2) is 0 Å². The van der Waals surface area contributed by atoms with E-state index >= 15 is 0 Å². The van der Waals surface area contributed by atoms with Crippen molar-refractivity contribution in [2.75, 3.05) is 39.3 Å². The summed E-state index contributed by atoms with van der Waals surface area (Å²) >= 11 is 0. The van der Waals surface area contributed by atoms with Crippen LogP contribution in [0.4, 0.5) is 0 Å². The van der Waals surface area contributed by atoms with Gasteiger partial charge in [0, 0.05) is 0 Å². The second-order valence-electron chi connectivity index (χ2n) is 3.78. The summed E-state index contributed by atoms with van der Waals surface area (Å²) in [6.45, 7) is 10.3. The summed E-state index contributed by atoms with van der Waals surface area (Å²) in [4.78, 5) is 0. The SMILES string of the molecule is CCCNCCCN.CCCNCCCN. The second kappa shape index (κ2) is 20.3. The Morgan fingerprint density at radius 3 is 1.31 bits per heavy atom. The van der Waals surface area contributed by atoms with Gasteiger partial charge in [-0.25, -0.2) is 0 Å². The van der Waals surface area contributed by atoms with E-state index in [0.717, 1.165) is 52.1 Å². The second-order valence-corrected chi connectivity index (χ2v) is 3.78. The van der Waals surface area contributed by atoms with Gasteiger partial charge in [0.05, 0.1) is 0 Å². The lowest BCUT2D eigenvalue weighted by Gasteiger charge is -1.98. The average molecular weight is 232 g/mol. The predicted octanol–water partition coefficient (Wildman–Crippen LogP) is 0.670. The molecule has 0 aliphatic carbocycles. The van der Waals surface area contributed by atoms with Gasteiger partial charge in [-0.2, -0.15) is 0 Å². The normalized spacial score (nSPS) is 9.75. The van der Waals surface area contributed by atoms with Crippen molar-refractivity contribution in [3.05, 3.63) is 0 Å². The van der Waals surface area contributed by atoms with Crippen molar-refractivity contribution >= 4 is 0 Å². The first-order chi connectivity index (χ1) is 7.83. The maximum absolute atomic E-state index is 5.27. The molecule has 4 heteroatoms. The van der Waals surface area contributed by atoms with Gasteiger partial charge in [0.2, 0.25) is 0 Å². The van der Waals surface area contributed by atoms with E-state index < -0.39 is 0 Å². The lowest BCUT2D eigenvalue weighted by atomic mass is 10.4. The van der Waals surface area contributed by atoms with Crippen molar-refractivity contribution in [1.82, 2.24) is 10.6 Å².